The van der Waals surface area contributed by atoms with Crippen molar-refractivity contribution in [3.05, 3.63) is 38.3 Å². The van der Waals surface area contributed by atoms with Gasteiger partial charge in [-0.2, -0.15) is 0 Å². The maximum atomic E-state index is 10.9. The topological polar surface area (TPSA) is 66.6 Å². The fourth-order valence-corrected chi connectivity index (χ4v) is 3.36. The Morgan fingerprint density at radius 2 is 2.15 bits per heavy atom. The molecule has 2 unspecified atom stereocenters. The van der Waals surface area contributed by atoms with Gasteiger partial charge in [0.2, 0.25) is 0 Å². The lowest BCUT2D eigenvalue weighted by molar-refractivity contribution is -0.385. The van der Waals surface area contributed by atoms with E-state index in [9.17, 15) is 15.2 Å². The largest absolute Gasteiger partial charge is 0.391 e. The average molecular weight is 343 g/mol. The minimum atomic E-state index is -0.386. The van der Waals surface area contributed by atoms with Crippen LogP contribution in [-0.4, -0.2) is 34.1 Å². The van der Waals surface area contributed by atoms with Crippen molar-refractivity contribution < 1.29 is 10.0 Å². The fraction of sp³-hybridized carbons (Fsp3) is 0.571. The van der Waals surface area contributed by atoms with E-state index in [1.165, 1.54) is 6.07 Å². The summed E-state index contributed by atoms with van der Waals surface area (Å²) in [5.41, 5.74) is 0.958. The molecule has 2 atom stereocenters. The number of rotatable bonds is 4. The molecule has 1 N–H and O–H groups in total. The van der Waals surface area contributed by atoms with Gasteiger partial charge >= 0.3 is 0 Å². The number of benzene rings is 1. The molecular formula is C14H19BrN2O3. The van der Waals surface area contributed by atoms with Crippen molar-refractivity contribution >= 4 is 21.6 Å². The number of likely N-dealkylation sites (N-methyl/N-ethyl adjacent to an activating group) is 1. The first kappa shape index (κ1) is 15.4. The zero-order valence-corrected chi connectivity index (χ0v) is 13.0. The van der Waals surface area contributed by atoms with Crippen LogP contribution in [0.5, 0.6) is 0 Å². The molecule has 6 heteroatoms. The number of nitro groups is 1. The predicted molar refractivity (Wildman–Crippen MR) is 80.5 cm³/mol. The van der Waals surface area contributed by atoms with Crippen LogP contribution in [0.25, 0.3) is 0 Å². The van der Waals surface area contributed by atoms with Crippen molar-refractivity contribution in [3.63, 3.8) is 0 Å². The van der Waals surface area contributed by atoms with Crippen LogP contribution >= 0.6 is 15.9 Å². The third kappa shape index (κ3) is 3.37. The zero-order chi connectivity index (χ0) is 14.7. The number of nitrogens with zero attached hydrogens (tertiary/aromatic N) is 2. The Morgan fingerprint density at radius 1 is 1.45 bits per heavy atom. The highest BCUT2D eigenvalue weighted by Crippen LogP contribution is 2.30. The lowest BCUT2D eigenvalue weighted by atomic mass is 9.91. The fourth-order valence-electron chi connectivity index (χ4n) is 2.82. The molecule has 0 bridgehead atoms. The van der Waals surface area contributed by atoms with Crippen molar-refractivity contribution in [3.8, 4) is 0 Å². The van der Waals surface area contributed by atoms with Gasteiger partial charge in [-0.3, -0.25) is 15.0 Å². The van der Waals surface area contributed by atoms with Gasteiger partial charge in [0.25, 0.3) is 5.69 Å². The smallest absolute Gasteiger partial charge is 0.283 e. The molecule has 1 aromatic carbocycles. The van der Waals surface area contributed by atoms with Gasteiger partial charge in [-0.15, -0.1) is 0 Å². The second-order valence-corrected chi connectivity index (χ2v) is 6.13. The zero-order valence-electron chi connectivity index (χ0n) is 11.5. The second-order valence-electron chi connectivity index (χ2n) is 5.34. The van der Waals surface area contributed by atoms with Crippen molar-refractivity contribution in [2.45, 2.75) is 44.4 Å². The van der Waals surface area contributed by atoms with E-state index in [1.807, 2.05) is 13.1 Å². The first-order chi connectivity index (χ1) is 9.50. The summed E-state index contributed by atoms with van der Waals surface area (Å²) in [6, 6.07) is 5.20. The predicted octanol–water partition coefficient (Wildman–Crippen LogP) is 3.09. The molecular weight excluding hydrogens is 324 g/mol. The maximum Gasteiger partial charge on any atom is 0.283 e. The molecule has 0 spiro atoms. The minimum Gasteiger partial charge on any atom is -0.391 e. The molecule has 2 rings (SSSR count). The van der Waals surface area contributed by atoms with Gasteiger partial charge in [0.15, 0.2) is 0 Å². The molecule has 1 aliphatic carbocycles. The number of hydrogen-bond acceptors (Lipinski definition) is 4. The van der Waals surface area contributed by atoms with Crippen LogP contribution in [0.15, 0.2) is 22.7 Å². The first-order valence-electron chi connectivity index (χ1n) is 6.80. The average Bonchev–Trinajstić information content (AvgIpc) is 2.41. The Kier molecular flexibility index (Phi) is 5.12. The molecule has 0 amide bonds. The number of nitro benzene ring substituents is 1. The Hall–Kier alpha value is -0.980. The van der Waals surface area contributed by atoms with Gasteiger partial charge < -0.3 is 5.11 Å². The van der Waals surface area contributed by atoms with Gasteiger partial charge in [0.05, 0.1) is 15.5 Å². The van der Waals surface area contributed by atoms with Gasteiger partial charge in [0.1, 0.15) is 0 Å². The number of aliphatic hydroxyl groups excluding tert-OH is 1. The molecule has 0 radical (unpaired) electrons. The van der Waals surface area contributed by atoms with E-state index < -0.39 is 0 Å². The van der Waals surface area contributed by atoms with E-state index in [1.54, 1.807) is 6.07 Å². The molecule has 1 aromatic rings. The molecule has 20 heavy (non-hydrogen) atoms. The maximum absolute atomic E-state index is 10.9. The molecule has 5 nitrogen and oxygen atoms in total. The van der Waals surface area contributed by atoms with Crippen LogP contribution in [0.1, 0.15) is 31.2 Å². The third-order valence-electron chi connectivity index (χ3n) is 3.93. The lowest BCUT2D eigenvalue weighted by Gasteiger charge is -2.35. The third-order valence-corrected chi connectivity index (χ3v) is 4.85. The van der Waals surface area contributed by atoms with E-state index in [4.69, 9.17) is 0 Å². The van der Waals surface area contributed by atoms with E-state index in [0.717, 1.165) is 31.2 Å². The number of halogens is 1. The van der Waals surface area contributed by atoms with Gasteiger partial charge in [0, 0.05) is 18.7 Å². The highest BCUT2D eigenvalue weighted by Gasteiger charge is 2.27. The summed E-state index contributed by atoms with van der Waals surface area (Å²) in [4.78, 5) is 12.6. The molecule has 1 fully saturated rings. The van der Waals surface area contributed by atoms with E-state index >= 15 is 0 Å². The quantitative estimate of drug-likeness (QED) is 0.674. The normalized spacial score (nSPS) is 23.0. The Labute approximate surface area is 126 Å². The summed E-state index contributed by atoms with van der Waals surface area (Å²) in [6.07, 6.45) is 3.72. The van der Waals surface area contributed by atoms with Crippen molar-refractivity contribution in [2.24, 2.45) is 0 Å². The van der Waals surface area contributed by atoms with Crippen LogP contribution < -0.4 is 0 Å². The standard InChI is InChI=1S/C14H19BrN2O3/c1-16(11-6-2-3-8-13(11)18)9-10-5-4-7-12(14(10)15)17(19)20/h4-5,7,11,13,18H,2-3,6,8-9H2,1H3. The summed E-state index contributed by atoms with van der Waals surface area (Å²) in [5.74, 6) is 0. The molecule has 1 saturated carbocycles. The first-order valence-corrected chi connectivity index (χ1v) is 7.60. The summed E-state index contributed by atoms with van der Waals surface area (Å²) in [7, 11) is 1.96. The summed E-state index contributed by atoms with van der Waals surface area (Å²) in [6.45, 7) is 0.587. The Morgan fingerprint density at radius 3 is 2.80 bits per heavy atom. The lowest BCUT2D eigenvalue weighted by Crippen LogP contribution is -2.42. The highest BCUT2D eigenvalue weighted by molar-refractivity contribution is 9.10. The number of hydrogen-bond donors (Lipinski definition) is 1. The highest BCUT2D eigenvalue weighted by atomic mass is 79.9. The minimum absolute atomic E-state index is 0.0834. The van der Waals surface area contributed by atoms with Crippen LogP contribution in [-0.2, 0) is 6.54 Å². The van der Waals surface area contributed by atoms with Crippen LogP contribution in [0, 0.1) is 10.1 Å². The van der Waals surface area contributed by atoms with Gasteiger partial charge in [-0.25, -0.2) is 0 Å². The molecule has 0 aliphatic heterocycles. The summed E-state index contributed by atoms with van der Waals surface area (Å²) < 4.78 is 0.530. The molecule has 0 heterocycles. The Balaban J connectivity index is 2.13. The summed E-state index contributed by atoms with van der Waals surface area (Å²) in [5, 5.41) is 21.0. The number of aliphatic hydroxyl groups is 1. The van der Waals surface area contributed by atoms with E-state index in [2.05, 4.69) is 20.8 Å². The molecule has 0 aromatic heterocycles. The molecule has 110 valence electrons. The Bertz CT molecular complexity index is 495. The SMILES string of the molecule is CN(Cc1cccc([N+](=O)[O-])c1Br)C1CCCCC1O. The summed E-state index contributed by atoms with van der Waals surface area (Å²) >= 11 is 3.32. The molecule has 0 saturated heterocycles. The van der Waals surface area contributed by atoms with Crippen LogP contribution in [0.2, 0.25) is 0 Å². The van der Waals surface area contributed by atoms with Crippen molar-refractivity contribution in [1.82, 2.24) is 4.90 Å². The van der Waals surface area contributed by atoms with Crippen LogP contribution in [0.4, 0.5) is 5.69 Å². The second kappa shape index (κ2) is 6.65. The molecule has 1 aliphatic rings. The monoisotopic (exact) mass is 342 g/mol. The van der Waals surface area contributed by atoms with E-state index in [0.29, 0.717) is 11.0 Å². The van der Waals surface area contributed by atoms with Gasteiger partial charge in [-0.1, -0.05) is 25.0 Å². The van der Waals surface area contributed by atoms with Crippen molar-refractivity contribution in [2.75, 3.05) is 7.05 Å². The van der Waals surface area contributed by atoms with Gasteiger partial charge in [-0.05, 0) is 41.4 Å². The van der Waals surface area contributed by atoms with Crippen LogP contribution in [0.3, 0.4) is 0 Å². The van der Waals surface area contributed by atoms with E-state index in [-0.39, 0.29) is 22.8 Å². The van der Waals surface area contributed by atoms with Crippen molar-refractivity contribution in [1.29, 1.82) is 0 Å².